The summed E-state index contributed by atoms with van der Waals surface area (Å²) < 4.78 is 10.4. The van der Waals surface area contributed by atoms with Crippen molar-refractivity contribution in [2.75, 3.05) is 26.9 Å². The number of aliphatic hydroxyl groups excluding tert-OH is 1. The molecule has 0 fully saturated rings. The minimum absolute atomic E-state index is 0.335. The van der Waals surface area contributed by atoms with E-state index < -0.39 is 6.10 Å². The molecule has 1 aromatic carbocycles. The molecular formula is C14H21NO3. The maximum absolute atomic E-state index is 9.51. The third kappa shape index (κ3) is 5.31. The highest BCUT2D eigenvalue weighted by molar-refractivity contribution is 5.33. The second-order valence-electron chi connectivity index (χ2n) is 3.95. The van der Waals surface area contributed by atoms with Gasteiger partial charge in [0.1, 0.15) is 12.4 Å². The molecule has 1 atom stereocenters. The molecule has 1 rings (SSSR count). The van der Waals surface area contributed by atoms with Crippen molar-refractivity contribution < 1.29 is 14.6 Å². The van der Waals surface area contributed by atoms with Gasteiger partial charge in [-0.3, -0.25) is 0 Å². The molecule has 0 aliphatic rings. The van der Waals surface area contributed by atoms with Gasteiger partial charge in [-0.25, -0.2) is 0 Å². The van der Waals surface area contributed by atoms with Crippen molar-refractivity contribution in [3.05, 3.63) is 42.5 Å². The van der Waals surface area contributed by atoms with Gasteiger partial charge in [0, 0.05) is 25.8 Å². The molecule has 1 aromatic rings. The van der Waals surface area contributed by atoms with Crippen LogP contribution < -0.4 is 10.1 Å². The van der Waals surface area contributed by atoms with Crippen molar-refractivity contribution >= 4 is 0 Å². The maximum atomic E-state index is 9.51. The molecule has 18 heavy (non-hydrogen) atoms. The zero-order valence-corrected chi connectivity index (χ0v) is 10.8. The van der Waals surface area contributed by atoms with Gasteiger partial charge in [-0.1, -0.05) is 30.9 Å². The van der Waals surface area contributed by atoms with E-state index in [9.17, 15) is 5.11 Å². The van der Waals surface area contributed by atoms with Gasteiger partial charge in [-0.15, -0.1) is 0 Å². The summed E-state index contributed by atoms with van der Waals surface area (Å²) in [7, 11) is 1.57. The zero-order valence-electron chi connectivity index (χ0n) is 10.8. The Bertz CT molecular complexity index is 355. The summed E-state index contributed by atoms with van der Waals surface area (Å²) in [6, 6.07) is 7.81. The summed E-state index contributed by atoms with van der Waals surface area (Å²) >= 11 is 0. The van der Waals surface area contributed by atoms with E-state index in [1.54, 1.807) is 13.2 Å². The summed E-state index contributed by atoms with van der Waals surface area (Å²) in [5.74, 6) is 0.839. The molecule has 0 saturated carbocycles. The van der Waals surface area contributed by atoms with E-state index in [4.69, 9.17) is 9.47 Å². The fourth-order valence-corrected chi connectivity index (χ4v) is 1.56. The molecule has 0 bridgehead atoms. The molecule has 0 aliphatic heterocycles. The standard InChI is InChI=1S/C14H21NO3/c1-3-8-18-14-7-5-4-6-12(14)9-15-10-13(16)11-17-2/h3-7,13,15-16H,1,8-11H2,2H3. The van der Waals surface area contributed by atoms with Gasteiger partial charge < -0.3 is 19.9 Å². The van der Waals surface area contributed by atoms with Crippen LogP contribution in [0.3, 0.4) is 0 Å². The van der Waals surface area contributed by atoms with Crippen LogP contribution in [0.1, 0.15) is 5.56 Å². The first-order valence-electron chi connectivity index (χ1n) is 5.97. The summed E-state index contributed by atoms with van der Waals surface area (Å²) in [6.07, 6.45) is 1.23. The lowest BCUT2D eigenvalue weighted by Gasteiger charge is -2.13. The number of hydrogen-bond acceptors (Lipinski definition) is 4. The van der Waals surface area contributed by atoms with Gasteiger partial charge in [0.25, 0.3) is 0 Å². The van der Waals surface area contributed by atoms with Crippen LogP contribution in [0.15, 0.2) is 36.9 Å². The van der Waals surface area contributed by atoms with E-state index in [0.29, 0.717) is 26.3 Å². The van der Waals surface area contributed by atoms with Crippen LogP contribution >= 0.6 is 0 Å². The van der Waals surface area contributed by atoms with E-state index in [1.165, 1.54) is 0 Å². The number of ether oxygens (including phenoxy) is 2. The van der Waals surface area contributed by atoms with Gasteiger partial charge in [0.2, 0.25) is 0 Å². The highest BCUT2D eigenvalue weighted by Crippen LogP contribution is 2.17. The minimum atomic E-state index is -0.490. The first kappa shape index (κ1) is 14.7. The molecule has 0 aromatic heterocycles. The average Bonchev–Trinajstić information content (AvgIpc) is 2.38. The van der Waals surface area contributed by atoms with Crippen LogP contribution in [0.4, 0.5) is 0 Å². The number of benzene rings is 1. The minimum Gasteiger partial charge on any atom is -0.489 e. The van der Waals surface area contributed by atoms with Crippen LogP contribution in [0, 0.1) is 0 Å². The number of methoxy groups -OCH3 is 1. The third-order valence-electron chi connectivity index (χ3n) is 2.38. The van der Waals surface area contributed by atoms with Crippen molar-refractivity contribution in [1.29, 1.82) is 0 Å². The topological polar surface area (TPSA) is 50.7 Å². The predicted octanol–water partition coefficient (Wildman–Crippen LogP) is 1.35. The maximum Gasteiger partial charge on any atom is 0.124 e. The molecule has 0 heterocycles. The first-order chi connectivity index (χ1) is 8.77. The second kappa shape index (κ2) is 8.69. The second-order valence-corrected chi connectivity index (χ2v) is 3.95. The van der Waals surface area contributed by atoms with Gasteiger partial charge in [0.15, 0.2) is 0 Å². The number of aliphatic hydroxyl groups is 1. The number of hydrogen-bond donors (Lipinski definition) is 2. The molecule has 100 valence electrons. The van der Waals surface area contributed by atoms with Crippen LogP contribution in [-0.2, 0) is 11.3 Å². The third-order valence-corrected chi connectivity index (χ3v) is 2.38. The molecule has 0 aliphatic carbocycles. The van der Waals surface area contributed by atoms with Crippen LogP contribution in [0.25, 0.3) is 0 Å². The quantitative estimate of drug-likeness (QED) is 0.650. The summed E-state index contributed by atoms with van der Waals surface area (Å²) in [5, 5.41) is 12.7. The fraction of sp³-hybridized carbons (Fsp3) is 0.429. The van der Waals surface area contributed by atoms with Gasteiger partial charge in [0.05, 0.1) is 12.7 Å². The molecule has 0 spiro atoms. The van der Waals surface area contributed by atoms with Crippen molar-refractivity contribution in [3.8, 4) is 5.75 Å². The summed E-state index contributed by atoms with van der Waals surface area (Å²) in [4.78, 5) is 0. The first-order valence-corrected chi connectivity index (χ1v) is 5.97. The lowest BCUT2D eigenvalue weighted by atomic mass is 10.2. The normalized spacial score (nSPS) is 12.1. The van der Waals surface area contributed by atoms with Crippen molar-refractivity contribution in [2.24, 2.45) is 0 Å². The molecule has 4 nitrogen and oxygen atoms in total. The average molecular weight is 251 g/mol. The smallest absolute Gasteiger partial charge is 0.124 e. The Labute approximate surface area is 108 Å². The van der Waals surface area contributed by atoms with E-state index in [2.05, 4.69) is 11.9 Å². The van der Waals surface area contributed by atoms with Gasteiger partial charge in [-0.05, 0) is 6.07 Å². The lowest BCUT2D eigenvalue weighted by molar-refractivity contribution is 0.0644. The SMILES string of the molecule is C=CCOc1ccccc1CNCC(O)COC. The van der Waals surface area contributed by atoms with Crippen molar-refractivity contribution in [2.45, 2.75) is 12.6 Å². The molecular weight excluding hydrogens is 230 g/mol. The fourth-order valence-electron chi connectivity index (χ4n) is 1.56. The van der Waals surface area contributed by atoms with Crippen molar-refractivity contribution in [3.63, 3.8) is 0 Å². The Balaban J connectivity index is 2.43. The highest BCUT2D eigenvalue weighted by atomic mass is 16.5. The Morgan fingerprint density at radius 3 is 2.94 bits per heavy atom. The van der Waals surface area contributed by atoms with E-state index in [0.717, 1.165) is 11.3 Å². The lowest BCUT2D eigenvalue weighted by Crippen LogP contribution is -2.29. The van der Waals surface area contributed by atoms with Gasteiger partial charge >= 0.3 is 0 Å². The molecule has 2 N–H and O–H groups in total. The van der Waals surface area contributed by atoms with E-state index in [1.807, 2.05) is 24.3 Å². The highest BCUT2D eigenvalue weighted by Gasteiger charge is 2.05. The van der Waals surface area contributed by atoms with Crippen LogP contribution in [0.2, 0.25) is 0 Å². The van der Waals surface area contributed by atoms with Crippen molar-refractivity contribution in [1.82, 2.24) is 5.32 Å². The largest absolute Gasteiger partial charge is 0.489 e. The Kier molecular flexibility index (Phi) is 7.10. The summed E-state index contributed by atoms with van der Waals surface area (Å²) in [6.45, 7) is 5.58. The Hall–Kier alpha value is -1.36. The monoisotopic (exact) mass is 251 g/mol. The van der Waals surface area contributed by atoms with Crippen LogP contribution in [-0.4, -0.2) is 38.1 Å². The molecule has 1 unspecified atom stereocenters. The number of rotatable bonds is 9. The zero-order chi connectivity index (χ0) is 13.2. The Morgan fingerprint density at radius 2 is 2.22 bits per heavy atom. The van der Waals surface area contributed by atoms with Gasteiger partial charge in [-0.2, -0.15) is 0 Å². The van der Waals surface area contributed by atoms with E-state index in [-0.39, 0.29) is 0 Å². The molecule has 4 heteroatoms. The Morgan fingerprint density at radius 1 is 1.44 bits per heavy atom. The molecule has 0 amide bonds. The van der Waals surface area contributed by atoms with E-state index >= 15 is 0 Å². The van der Waals surface area contributed by atoms with Crippen LogP contribution in [0.5, 0.6) is 5.75 Å². The summed E-state index contributed by atoms with van der Waals surface area (Å²) in [5.41, 5.74) is 1.06. The molecule has 0 radical (unpaired) electrons. The molecule has 0 saturated heterocycles. The number of nitrogens with one attached hydrogen (secondary N) is 1. The number of para-hydroxylation sites is 1. The predicted molar refractivity (Wildman–Crippen MR) is 71.7 cm³/mol.